The minimum Gasteiger partial charge on any atom is -0.497 e. The molecule has 0 unspecified atom stereocenters. The lowest BCUT2D eigenvalue weighted by Gasteiger charge is -2.45. The van der Waals surface area contributed by atoms with E-state index >= 15 is 0 Å². The molecule has 4 nitrogen and oxygen atoms in total. The second kappa shape index (κ2) is 5.18. The molecular weight excluding hydrogens is 271 g/mol. The van der Waals surface area contributed by atoms with Crippen molar-refractivity contribution in [2.45, 2.75) is 12.1 Å². The number of β-lactam (4-membered cyclic amide) rings is 1. The predicted octanol–water partition coefficient (Wildman–Crippen LogP) is 2.25. The fourth-order valence-corrected chi connectivity index (χ4v) is 2.56. The van der Waals surface area contributed by atoms with Gasteiger partial charge in [0.1, 0.15) is 17.6 Å². The molecule has 108 valence electrons. The van der Waals surface area contributed by atoms with Crippen molar-refractivity contribution < 1.29 is 13.9 Å². The lowest BCUT2D eigenvalue weighted by molar-refractivity contribution is -0.126. The number of halogens is 1. The number of benzene rings is 2. The maximum absolute atomic E-state index is 13.0. The summed E-state index contributed by atoms with van der Waals surface area (Å²) in [5.74, 6) is 0.241. The molecule has 1 aliphatic rings. The number of amides is 1. The summed E-state index contributed by atoms with van der Waals surface area (Å²) in [5.41, 5.74) is 7.50. The molecule has 1 fully saturated rings. The average Bonchev–Trinajstić information content (AvgIpc) is 2.53. The van der Waals surface area contributed by atoms with Crippen molar-refractivity contribution in [1.82, 2.24) is 0 Å². The summed E-state index contributed by atoms with van der Waals surface area (Å²) in [5, 5.41) is 0. The molecule has 0 aliphatic carbocycles. The number of carbonyl (C=O) groups excluding carboxylic acids is 1. The molecule has 2 atom stereocenters. The van der Waals surface area contributed by atoms with Crippen LogP contribution in [0.2, 0.25) is 0 Å². The van der Waals surface area contributed by atoms with Gasteiger partial charge < -0.3 is 15.4 Å². The highest BCUT2D eigenvalue weighted by molar-refractivity contribution is 6.05. The summed E-state index contributed by atoms with van der Waals surface area (Å²) >= 11 is 0. The predicted molar refractivity (Wildman–Crippen MR) is 77.6 cm³/mol. The molecule has 0 spiro atoms. The molecule has 5 heteroatoms. The van der Waals surface area contributed by atoms with Crippen LogP contribution in [0.25, 0.3) is 0 Å². The molecule has 3 rings (SSSR count). The van der Waals surface area contributed by atoms with Crippen LogP contribution in [0.5, 0.6) is 5.75 Å². The molecule has 0 saturated carbocycles. The van der Waals surface area contributed by atoms with Crippen molar-refractivity contribution in [2.75, 3.05) is 12.0 Å². The van der Waals surface area contributed by atoms with E-state index in [9.17, 15) is 9.18 Å². The molecule has 2 aromatic rings. The number of methoxy groups -OCH3 is 1. The van der Waals surface area contributed by atoms with E-state index in [1.807, 2.05) is 24.3 Å². The van der Waals surface area contributed by atoms with Gasteiger partial charge in [-0.3, -0.25) is 4.79 Å². The van der Waals surface area contributed by atoms with Gasteiger partial charge in [0.05, 0.1) is 13.2 Å². The van der Waals surface area contributed by atoms with Gasteiger partial charge in [0.25, 0.3) is 0 Å². The normalized spacial score (nSPS) is 21.1. The van der Waals surface area contributed by atoms with E-state index in [0.717, 1.165) is 11.3 Å². The first-order valence-electron chi connectivity index (χ1n) is 6.60. The van der Waals surface area contributed by atoms with Gasteiger partial charge in [-0.15, -0.1) is 0 Å². The zero-order valence-electron chi connectivity index (χ0n) is 11.5. The lowest BCUT2D eigenvalue weighted by Crippen LogP contribution is -2.63. The second-order valence-corrected chi connectivity index (χ2v) is 4.93. The second-order valence-electron chi connectivity index (χ2n) is 4.93. The summed E-state index contributed by atoms with van der Waals surface area (Å²) in [6.45, 7) is 0. The van der Waals surface area contributed by atoms with Gasteiger partial charge in [0.2, 0.25) is 5.91 Å². The maximum atomic E-state index is 13.0. The number of nitrogens with two attached hydrogens (primary N) is 1. The molecule has 2 aromatic carbocycles. The molecule has 0 aromatic heterocycles. The fourth-order valence-electron chi connectivity index (χ4n) is 2.56. The lowest BCUT2D eigenvalue weighted by atomic mass is 9.88. The summed E-state index contributed by atoms with van der Waals surface area (Å²) in [4.78, 5) is 13.6. The molecule has 1 heterocycles. The first kappa shape index (κ1) is 13.6. The van der Waals surface area contributed by atoms with E-state index in [0.29, 0.717) is 5.69 Å². The molecule has 2 N–H and O–H groups in total. The zero-order chi connectivity index (χ0) is 15.0. The Morgan fingerprint density at radius 1 is 1.10 bits per heavy atom. The Morgan fingerprint density at radius 2 is 1.71 bits per heavy atom. The number of ether oxygens (including phenoxy) is 1. The average molecular weight is 286 g/mol. The molecule has 1 aliphatic heterocycles. The summed E-state index contributed by atoms with van der Waals surface area (Å²) in [6.07, 6.45) is 0. The standard InChI is InChI=1S/C16H15FN2O2/c1-21-13-8-2-10(3-9-13)15-14(18)16(20)19(15)12-6-4-11(17)5-7-12/h2-9,14-15H,18H2,1H3/t14-,15+/m1/s1. The summed E-state index contributed by atoms with van der Waals surface area (Å²) in [6, 6.07) is 12.4. The Hall–Kier alpha value is -2.40. The Balaban J connectivity index is 1.92. The van der Waals surface area contributed by atoms with Crippen molar-refractivity contribution >= 4 is 11.6 Å². The highest BCUT2D eigenvalue weighted by Crippen LogP contribution is 2.38. The third-order valence-corrected chi connectivity index (χ3v) is 3.70. The largest absolute Gasteiger partial charge is 0.497 e. The number of anilines is 1. The van der Waals surface area contributed by atoms with E-state index in [2.05, 4.69) is 0 Å². The van der Waals surface area contributed by atoms with E-state index in [1.165, 1.54) is 12.1 Å². The topological polar surface area (TPSA) is 55.6 Å². The molecule has 0 bridgehead atoms. The highest BCUT2D eigenvalue weighted by atomic mass is 19.1. The highest BCUT2D eigenvalue weighted by Gasteiger charge is 2.46. The minimum absolute atomic E-state index is 0.164. The Kier molecular flexibility index (Phi) is 3.35. The molecule has 0 radical (unpaired) electrons. The Labute approximate surface area is 121 Å². The smallest absolute Gasteiger partial charge is 0.247 e. The van der Waals surface area contributed by atoms with Gasteiger partial charge in [-0.25, -0.2) is 4.39 Å². The zero-order valence-corrected chi connectivity index (χ0v) is 11.5. The third kappa shape index (κ3) is 2.25. The van der Waals surface area contributed by atoms with Crippen LogP contribution in [0.1, 0.15) is 11.6 Å². The quantitative estimate of drug-likeness (QED) is 0.880. The van der Waals surface area contributed by atoms with Gasteiger partial charge >= 0.3 is 0 Å². The number of rotatable bonds is 3. The van der Waals surface area contributed by atoms with E-state index in [1.54, 1.807) is 24.1 Å². The maximum Gasteiger partial charge on any atom is 0.247 e. The summed E-state index contributed by atoms with van der Waals surface area (Å²) < 4.78 is 18.1. The minimum atomic E-state index is -0.580. The van der Waals surface area contributed by atoms with Crippen molar-refractivity contribution in [2.24, 2.45) is 5.73 Å². The van der Waals surface area contributed by atoms with Crippen molar-refractivity contribution in [3.8, 4) is 5.75 Å². The van der Waals surface area contributed by atoms with Crippen LogP contribution in [0.15, 0.2) is 48.5 Å². The van der Waals surface area contributed by atoms with Crippen LogP contribution in [-0.2, 0) is 4.79 Å². The molecule has 1 amide bonds. The molecular formula is C16H15FN2O2. The number of hydrogen-bond donors (Lipinski definition) is 1. The van der Waals surface area contributed by atoms with Crippen LogP contribution in [0.3, 0.4) is 0 Å². The van der Waals surface area contributed by atoms with Gasteiger partial charge in [-0.2, -0.15) is 0 Å². The van der Waals surface area contributed by atoms with Gasteiger partial charge in [-0.05, 0) is 42.0 Å². The number of carbonyl (C=O) groups is 1. The van der Waals surface area contributed by atoms with Crippen molar-refractivity contribution in [1.29, 1.82) is 0 Å². The monoisotopic (exact) mass is 286 g/mol. The van der Waals surface area contributed by atoms with Crippen LogP contribution in [-0.4, -0.2) is 19.1 Å². The fraction of sp³-hybridized carbons (Fsp3) is 0.188. The van der Waals surface area contributed by atoms with E-state index < -0.39 is 6.04 Å². The van der Waals surface area contributed by atoms with Crippen LogP contribution in [0.4, 0.5) is 10.1 Å². The van der Waals surface area contributed by atoms with Crippen LogP contribution < -0.4 is 15.4 Å². The molecule has 1 saturated heterocycles. The van der Waals surface area contributed by atoms with Crippen molar-refractivity contribution in [3.63, 3.8) is 0 Å². The van der Waals surface area contributed by atoms with Gasteiger partial charge in [-0.1, -0.05) is 12.1 Å². The third-order valence-electron chi connectivity index (χ3n) is 3.70. The van der Waals surface area contributed by atoms with Crippen LogP contribution >= 0.6 is 0 Å². The van der Waals surface area contributed by atoms with Gasteiger partial charge in [0, 0.05) is 5.69 Å². The van der Waals surface area contributed by atoms with Crippen LogP contribution in [0, 0.1) is 5.82 Å². The number of hydrogen-bond acceptors (Lipinski definition) is 3. The SMILES string of the molecule is COc1ccc([C@H]2[C@@H](N)C(=O)N2c2ccc(F)cc2)cc1. The van der Waals surface area contributed by atoms with Crippen molar-refractivity contribution in [3.05, 3.63) is 59.9 Å². The first-order chi connectivity index (χ1) is 10.1. The Morgan fingerprint density at radius 3 is 2.29 bits per heavy atom. The number of nitrogens with zero attached hydrogens (tertiary/aromatic N) is 1. The van der Waals surface area contributed by atoms with E-state index in [-0.39, 0.29) is 17.8 Å². The first-order valence-corrected chi connectivity index (χ1v) is 6.60. The van der Waals surface area contributed by atoms with Gasteiger partial charge in [0.15, 0.2) is 0 Å². The van der Waals surface area contributed by atoms with E-state index in [4.69, 9.17) is 10.5 Å². The Bertz CT molecular complexity index is 655. The summed E-state index contributed by atoms with van der Waals surface area (Å²) in [7, 11) is 1.60. The molecule has 21 heavy (non-hydrogen) atoms.